The number of hydrogen-bond donors (Lipinski definition) is 1. The number of Topliss-reactive ketones (excluding diaryl/α,β-unsaturated/α-hetero) is 1. The van der Waals surface area contributed by atoms with Crippen molar-refractivity contribution in [3.63, 3.8) is 0 Å². The van der Waals surface area contributed by atoms with Crippen molar-refractivity contribution in [1.82, 2.24) is 10.2 Å². The number of carbonyl (C=O) groups is 1. The second-order valence-corrected chi connectivity index (χ2v) is 9.03. The molecule has 3 aromatic carbocycles. The van der Waals surface area contributed by atoms with Gasteiger partial charge in [-0.15, -0.1) is 10.2 Å². The molecular weight excluding hydrogens is 535 g/mol. The SMILES string of the molecule is O=C(/C(=N/Nc1ccc(Cl)cc1Cl)Sc1nnc(-c2ccccc2)o1)c1cccc(Br)c1. The molecule has 1 aromatic heterocycles. The summed E-state index contributed by atoms with van der Waals surface area (Å²) < 4.78 is 6.50. The van der Waals surface area contributed by atoms with E-state index in [1.54, 1.807) is 36.4 Å². The van der Waals surface area contributed by atoms with Gasteiger partial charge in [-0.2, -0.15) is 5.10 Å². The second kappa shape index (κ2) is 10.3. The van der Waals surface area contributed by atoms with Gasteiger partial charge in [0, 0.05) is 20.6 Å². The molecule has 0 unspecified atom stereocenters. The predicted octanol–water partition coefficient (Wildman–Crippen LogP) is 7.21. The van der Waals surface area contributed by atoms with Gasteiger partial charge in [-0.3, -0.25) is 10.2 Å². The Morgan fingerprint density at radius 3 is 2.56 bits per heavy atom. The van der Waals surface area contributed by atoms with Gasteiger partial charge in [0.1, 0.15) is 0 Å². The van der Waals surface area contributed by atoms with Crippen LogP contribution < -0.4 is 5.43 Å². The van der Waals surface area contributed by atoms with Crippen LogP contribution in [-0.2, 0) is 0 Å². The fraction of sp³-hybridized carbons (Fsp3) is 0. The average molecular weight is 548 g/mol. The Bertz CT molecular complexity index is 1300. The standard InChI is InChI=1S/C22H13BrCl2N4O2S/c23-15-8-4-7-14(11-15)19(30)21(28-26-18-10-9-16(24)12-17(18)25)32-22-29-27-20(31-22)13-5-2-1-3-6-13/h1-12,26H/b28-21-. The van der Waals surface area contributed by atoms with Crippen LogP contribution in [0.15, 0.2) is 92.0 Å². The summed E-state index contributed by atoms with van der Waals surface area (Å²) in [6.07, 6.45) is 0. The minimum absolute atomic E-state index is 0.0948. The molecule has 0 amide bonds. The summed E-state index contributed by atoms with van der Waals surface area (Å²) in [6.45, 7) is 0. The van der Waals surface area contributed by atoms with Crippen molar-refractivity contribution in [2.45, 2.75) is 5.22 Å². The fourth-order valence-corrected chi connectivity index (χ4v) is 4.11. The van der Waals surface area contributed by atoms with Crippen molar-refractivity contribution in [2.24, 2.45) is 5.10 Å². The Morgan fingerprint density at radius 1 is 1.00 bits per heavy atom. The summed E-state index contributed by atoms with van der Waals surface area (Å²) >= 11 is 16.5. The molecule has 0 bridgehead atoms. The highest BCUT2D eigenvalue weighted by atomic mass is 79.9. The number of aromatic nitrogens is 2. The van der Waals surface area contributed by atoms with E-state index in [9.17, 15) is 4.79 Å². The summed E-state index contributed by atoms with van der Waals surface area (Å²) in [5.41, 5.74) is 4.53. The summed E-state index contributed by atoms with van der Waals surface area (Å²) in [5.74, 6) is 0.0180. The van der Waals surface area contributed by atoms with Gasteiger partial charge in [-0.1, -0.05) is 69.5 Å². The van der Waals surface area contributed by atoms with E-state index in [0.717, 1.165) is 21.8 Å². The van der Waals surface area contributed by atoms with Crippen LogP contribution in [0.25, 0.3) is 11.5 Å². The van der Waals surface area contributed by atoms with E-state index in [1.807, 2.05) is 36.4 Å². The molecule has 4 rings (SSSR count). The van der Waals surface area contributed by atoms with Crippen LogP contribution in [0.4, 0.5) is 5.69 Å². The Labute approximate surface area is 206 Å². The summed E-state index contributed by atoms with van der Waals surface area (Å²) in [6, 6.07) is 21.3. The van der Waals surface area contributed by atoms with Crippen LogP contribution in [-0.4, -0.2) is 21.0 Å². The molecule has 0 fully saturated rings. The molecule has 6 nitrogen and oxygen atoms in total. The van der Waals surface area contributed by atoms with Crippen molar-refractivity contribution in [3.05, 3.63) is 92.9 Å². The molecule has 4 aromatic rings. The van der Waals surface area contributed by atoms with E-state index in [1.165, 1.54) is 0 Å². The number of carbonyl (C=O) groups excluding carboxylic acids is 1. The fourth-order valence-electron chi connectivity index (χ4n) is 2.60. The van der Waals surface area contributed by atoms with Crippen LogP contribution in [0, 0.1) is 0 Å². The molecule has 1 N–H and O–H groups in total. The third-order valence-corrected chi connectivity index (χ3v) is 5.95. The molecular formula is C22H13BrCl2N4O2S. The van der Waals surface area contributed by atoms with Crippen molar-refractivity contribution in [2.75, 3.05) is 5.43 Å². The monoisotopic (exact) mass is 546 g/mol. The molecule has 0 aliphatic heterocycles. The first-order valence-electron chi connectivity index (χ1n) is 9.15. The highest BCUT2D eigenvalue weighted by molar-refractivity contribution is 9.10. The van der Waals surface area contributed by atoms with Crippen molar-refractivity contribution < 1.29 is 9.21 Å². The van der Waals surface area contributed by atoms with Crippen molar-refractivity contribution in [3.8, 4) is 11.5 Å². The number of nitrogens with zero attached hydrogens (tertiary/aromatic N) is 3. The number of hydrazone groups is 1. The number of benzene rings is 3. The Morgan fingerprint density at radius 2 is 1.81 bits per heavy atom. The maximum Gasteiger partial charge on any atom is 0.283 e. The molecule has 0 atom stereocenters. The van der Waals surface area contributed by atoms with Crippen LogP contribution in [0.5, 0.6) is 0 Å². The van der Waals surface area contributed by atoms with E-state index in [0.29, 0.717) is 27.2 Å². The zero-order valence-electron chi connectivity index (χ0n) is 16.1. The lowest BCUT2D eigenvalue weighted by Crippen LogP contribution is -2.13. The highest BCUT2D eigenvalue weighted by Gasteiger charge is 2.20. The third kappa shape index (κ3) is 5.58. The number of anilines is 1. The Hall–Kier alpha value is -2.65. The van der Waals surface area contributed by atoms with Gasteiger partial charge in [0.15, 0.2) is 5.04 Å². The Balaban J connectivity index is 1.64. The first-order valence-corrected chi connectivity index (χ1v) is 11.5. The summed E-state index contributed by atoms with van der Waals surface area (Å²) in [7, 11) is 0. The summed E-state index contributed by atoms with van der Waals surface area (Å²) in [4.78, 5) is 13.2. The number of thioether (sulfide) groups is 1. The zero-order valence-corrected chi connectivity index (χ0v) is 20.0. The van der Waals surface area contributed by atoms with Gasteiger partial charge in [-0.25, -0.2) is 0 Å². The van der Waals surface area contributed by atoms with E-state index in [-0.39, 0.29) is 16.0 Å². The molecule has 32 heavy (non-hydrogen) atoms. The molecule has 0 saturated carbocycles. The third-order valence-electron chi connectivity index (χ3n) is 4.10. The number of nitrogens with one attached hydrogen (secondary N) is 1. The molecule has 160 valence electrons. The molecule has 10 heteroatoms. The number of halogens is 3. The Kier molecular flexibility index (Phi) is 7.26. The molecule has 0 saturated heterocycles. The van der Waals surface area contributed by atoms with Gasteiger partial charge < -0.3 is 4.42 Å². The minimum atomic E-state index is -0.326. The highest BCUT2D eigenvalue weighted by Crippen LogP contribution is 2.28. The molecule has 0 aliphatic carbocycles. The van der Waals surface area contributed by atoms with E-state index < -0.39 is 0 Å². The van der Waals surface area contributed by atoms with Gasteiger partial charge >= 0.3 is 0 Å². The van der Waals surface area contributed by atoms with Gasteiger partial charge in [0.05, 0.1) is 10.7 Å². The molecule has 0 aliphatic rings. The second-order valence-electron chi connectivity index (χ2n) is 6.33. The molecule has 0 radical (unpaired) electrons. The van der Waals surface area contributed by atoms with Crippen molar-refractivity contribution in [1.29, 1.82) is 0 Å². The molecule has 0 spiro atoms. The zero-order chi connectivity index (χ0) is 22.5. The predicted molar refractivity (Wildman–Crippen MR) is 132 cm³/mol. The quantitative estimate of drug-likeness (QED) is 0.0903. The van der Waals surface area contributed by atoms with Gasteiger partial charge in [0.2, 0.25) is 11.7 Å². The minimum Gasteiger partial charge on any atom is -0.411 e. The van der Waals surface area contributed by atoms with E-state index in [4.69, 9.17) is 27.6 Å². The lowest BCUT2D eigenvalue weighted by Gasteiger charge is -2.07. The smallest absolute Gasteiger partial charge is 0.283 e. The van der Waals surface area contributed by atoms with E-state index >= 15 is 0 Å². The largest absolute Gasteiger partial charge is 0.411 e. The summed E-state index contributed by atoms with van der Waals surface area (Å²) in [5, 5.41) is 13.5. The lowest BCUT2D eigenvalue weighted by atomic mass is 10.1. The number of rotatable bonds is 6. The topological polar surface area (TPSA) is 80.4 Å². The van der Waals surface area contributed by atoms with Gasteiger partial charge in [-0.05, 0) is 54.2 Å². The maximum atomic E-state index is 13.2. The van der Waals surface area contributed by atoms with Crippen LogP contribution in [0.3, 0.4) is 0 Å². The molecule has 1 heterocycles. The van der Waals surface area contributed by atoms with Crippen LogP contribution >= 0.6 is 50.9 Å². The van der Waals surface area contributed by atoms with Crippen molar-refractivity contribution >= 4 is 67.4 Å². The number of ketones is 1. The maximum absolute atomic E-state index is 13.2. The number of hydrogen-bond acceptors (Lipinski definition) is 7. The lowest BCUT2D eigenvalue weighted by molar-refractivity contribution is 0.106. The first-order chi connectivity index (χ1) is 15.5. The van der Waals surface area contributed by atoms with E-state index in [2.05, 4.69) is 36.7 Å². The average Bonchev–Trinajstić information content (AvgIpc) is 3.26. The van der Waals surface area contributed by atoms with Crippen LogP contribution in [0.1, 0.15) is 10.4 Å². The van der Waals surface area contributed by atoms with Gasteiger partial charge in [0.25, 0.3) is 5.22 Å². The van der Waals surface area contributed by atoms with Crippen LogP contribution in [0.2, 0.25) is 10.0 Å². The first kappa shape index (κ1) is 22.5. The normalized spacial score (nSPS) is 11.4.